The van der Waals surface area contributed by atoms with Gasteiger partial charge in [-0.25, -0.2) is 8.78 Å². The molecule has 1 fully saturated rings. The van der Waals surface area contributed by atoms with Crippen LogP contribution in [-0.4, -0.2) is 30.3 Å². The van der Waals surface area contributed by atoms with Crippen LogP contribution >= 0.6 is 0 Å². The summed E-state index contributed by atoms with van der Waals surface area (Å²) in [5.41, 5.74) is 0.340. The summed E-state index contributed by atoms with van der Waals surface area (Å²) >= 11 is 0. The largest absolute Gasteiger partial charge is 0.469 e. The van der Waals surface area contributed by atoms with E-state index in [0.717, 1.165) is 37.8 Å². The molecule has 0 amide bonds. The molecule has 2 rings (SSSR count). The quantitative estimate of drug-likeness (QED) is 0.817. The molecule has 0 heterocycles. The molecule has 1 aromatic carbocycles. The van der Waals surface area contributed by atoms with Gasteiger partial charge in [-0.05, 0) is 50.3 Å². The maximum Gasteiger partial charge on any atom is 0.308 e. The highest BCUT2D eigenvalue weighted by Gasteiger charge is 2.28. The molecular formula is C17H23F2NO3. The van der Waals surface area contributed by atoms with E-state index in [1.165, 1.54) is 13.2 Å². The van der Waals surface area contributed by atoms with E-state index in [0.29, 0.717) is 5.56 Å². The van der Waals surface area contributed by atoms with Crippen molar-refractivity contribution in [1.29, 1.82) is 0 Å². The van der Waals surface area contributed by atoms with Crippen LogP contribution in [0.15, 0.2) is 18.2 Å². The molecule has 0 saturated heterocycles. The van der Waals surface area contributed by atoms with E-state index in [4.69, 9.17) is 4.74 Å². The van der Waals surface area contributed by atoms with Crippen LogP contribution in [0.1, 0.15) is 44.3 Å². The number of aliphatic hydroxyl groups is 1. The number of hydrogen-bond acceptors (Lipinski definition) is 4. The minimum atomic E-state index is -0.965. The third kappa shape index (κ3) is 4.48. The van der Waals surface area contributed by atoms with Crippen molar-refractivity contribution in [2.24, 2.45) is 5.92 Å². The smallest absolute Gasteiger partial charge is 0.308 e. The van der Waals surface area contributed by atoms with Gasteiger partial charge < -0.3 is 15.2 Å². The van der Waals surface area contributed by atoms with Crippen molar-refractivity contribution in [1.82, 2.24) is 5.32 Å². The van der Waals surface area contributed by atoms with Crippen LogP contribution in [0.4, 0.5) is 8.78 Å². The lowest BCUT2D eigenvalue weighted by molar-refractivity contribution is -0.146. The molecule has 128 valence electrons. The minimum Gasteiger partial charge on any atom is -0.469 e. The number of benzene rings is 1. The molecule has 23 heavy (non-hydrogen) atoms. The summed E-state index contributed by atoms with van der Waals surface area (Å²) in [7, 11) is 1.40. The molecule has 0 aliphatic heterocycles. The topological polar surface area (TPSA) is 58.6 Å². The SMILES string of the molecule is COC(=O)C1CCC(N[C@H](C)[C@H](O)c2ccc(F)c(F)c2)CC1. The maximum atomic E-state index is 13.3. The summed E-state index contributed by atoms with van der Waals surface area (Å²) in [6.07, 6.45) is 2.20. The first-order valence-corrected chi connectivity index (χ1v) is 7.89. The number of aliphatic hydroxyl groups excluding tert-OH is 1. The lowest BCUT2D eigenvalue weighted by Crippen LogP contribution is -2.42. The van der Waals surface area contributed by atoms with E-state index in [1.54, 1.807) is 6.92 Å². The molecule has 2 N–H and O–H groups in total. The second-order valence-corrected chi connectivity index (χ2v) is 6.15. The number of esters is 1. The van der Waals surface area contributed by atoms with Gasteiger partial charge in [-0.15, -0.1) is 0 Å². The van der Waals surface area contributed by atoms with Gasteiger partial charge in [-0.3, -0.25) is 4.79 Å². The third-order valence-corrected chi connectivity index (χ3v) is 4.52. The minimum absolute atomic E-state index is 0.0514. The zero-order valence-electron chi connectivity index (χ0n) is 13.4. The molecule has 1 aliphatic carbocycles. The molecular weight excluding hydrogens is 304 g/mol. The first kappa shape index (κ1) is 17.8. The zero-order valence-corrected chi connectivity index (χ0v) is 13.4. The van der Waals surface area contributed by atoms with Crippen LogP contribution in [0.5, 0.6) is 0 Å². The van der Waals surface area contributed by atoms with E-state index < -0.39 is 17.7 Å². The van der Waals surface area contributed by atoms with Gasteiger partial charge >= 0.3 is 5.97 Å². The first-order chi connectivity index (χ1) is 10.9. The Morgan fingerprint density at radius 2 is 1.91 bits per heavy atom. The van der Waals surface area contributed by atoms with E-state index >= 15 is 0 Å². The van der Waals surface area contributed by atoms with E-state index in [1.807, 2.05) is 0 Å². The molecule has 1 aromatic rings. The Bertz CT molecular complexity index is 545. The van der Waals surface area contributed by atoms with Gasteiger partial charge in [0.15, 0.2) is 11.6 Å². The highest BCUT2D eigenvalue weighted by atomic mass is 19.2. The predicted molar refractivity (Wildman–Crippen MR) is 81.7 cm³/mol. The summed E-state index contributed by atoms with van der Waals surface area (Å²) in [5, 5.41) is 13.6. The Morgan fingerprint density at radius 1 is 1.26 bits per heavy atom. The molecule has 0 bridgehead atoms. The number of ether oxygens (including phenoxy) is 1. The Balaban J connectivity index is 1.88. The highest BCUT2D eigenvalue weighted by Crippen LogP contribution is 2.27. The van der Waals surface area contributed by atoms with Gasteiger partial charge in [0, 0.05) is 12.1 Å². The molecule has 2 atom stereocenters. The Morgan fingerprint density at radius 3 is 2.48 bits per heavy atom. The highest BCUT2D eigenvalue weighted by molar-refractivity contribution is 5.72. The lowest BCUT2D eigenvalue weighted by atomic mass is 9.85. The van der Waals surface area contributed by atoms with Gasteiger partial charge in [0.05, 0.1) is 19.1 Å². The van der Waals surface area contributed by atoms with E-state index in [9.17, 15) is 18.7 Å². The van der Waals surface area contributed by atoms with Crippen molar-refractivity contribution < 1.29 is 23.4 Å². The maximum absolute atomic E-state index is 13.3. The predicted octanol–water partition coefficient (Wildman–Crippen LogP) is 2.71. The first-order valence-electron chi connectivity index (χ1n) is 7.89. The average molecular weight is 327 g/mol. The normalized spacial score (nSPS) is 24.0. The fourth-order valence-electron chi connectivity index (χ4n) is 3.11. The van der Waals surface area contributed by atoms with Crippen LogP contribution < -0.4 is 5.32 Å². The monoisotopic (exact) mass is 327 g/mol. The molecule has 0 unspecified atom stereocenters. The number of hydrogen-bond donors (Lipinski definition) is 2. The second-order valence-electron chi connectivity index (χ2n) is 6.15. The van der Waals surface area contributed by atoms with Crippen molar-refractivity contribution in [2.45, 2.75) is 50.8 Å². The number of carbonyl (C=O) groups excluding carboxylic acids is 1. The average Bonchev–Trinajstić information content (AvgIpc) is 2.56. The van der Waals surface area contributed by atoms with Crippen LogP contribution in [0.3, 0.4) is 0 Å². The van der Waals surface area contributed by atoms with E-state index in [2.05, 4.69) is 5.32 Å². The fraction of sp³-hybridized carbons (Fsp3) is 0.588. The Kier molecular flexibility index (Phi) is 6.07. The van der Waals surface area contributed by atoms with Crippen LogP contribution in [0, 0.1) is 17.6 Å². The van der Waals surface area contributed by atoms with Crippen LogP contribution in [0.2, 0.25) is 0 Å². The van der Waals surface area contributed by atoms with Gasteiger partial charge in [-0.1, -0.05) is 6.07 Å². The second kappa shape index (κ2) is 7.84. The Hall–Kier alpha value is -1.53. The van der Waals surface area contributed by atoms with Crippen molar-refractivity contribution >= 4 is 5.97 Å². The van der Waals surface area contributed by atoms with Crippen molar-refractivity contribution in [2.75, 3.05) is 7.11 Å². The van der Waals surface area contributed by atoms with Gasteiger partial charge in [-0.2, -0.15) is 0 Å². The van der Waals surface area contributed by atoms with Crippen LogP contribution in [0.25, 0.3) is 0 Å². The number of halogens is 2. The van der Waals surface area contributed by atoms with Crippen molar-refractivity contribution in [3.8, 4) is 0 Å². The zero-order chi connectivity index (χ0) is 17.0. The summed E-state index contributed by atoms with van der Waals surface area (Å²) in [5.74, 6) is -2.11. The third-order valence-electron chi connectivity index (χ3n) is 4.52. The van der Waals surface area contributed by atoms with E-state index in [-0.39, 0.29) is 24.0 Å². The summed E-state index contributed by atoms with van der Waals surface area (Å²) in [4.78, 5) is 11.5. The lowest BCUT2D eigenvalue weighted by Gasteiger charge is -2.31. The van der Waals surface area contributed by atoms with Gasteiger partial charge in [0.25, 0.3) is 0 Å². The molecule has 1 saturated carbocycles. The number of carbonyl (C=O) groups is 1. The molecule has 4 nitrogen and oxygen atoms in total. The van der Waals surface area contributed by atoms with Gasteiger partial charge in [0.2, 0.25) is 0 Å². The van der Waals surface area contributed by atoms with Gasteiger partial charge in [0.1, 0.15) is 0 Å². The Labute approximate surface area is 134 Å². The molecule has 6 heteroatoms. The summed E-state index contributed by atoms with van der Waals surface area (Å²) in [6.45, 7) is 1.80. The number of rotatable bonds is 5. The molecule has 0 radical (unpaired) electrons. The number of methoxy groups -OCH3 is 1. The standard InChI is InChI=1S/C17H23F2NO3/c1-10(16(21)12-5-8-14(18)15(19)9-12)20-13-6-3-11(4-7-13)17(22)23-2/h5,8-11,13,16,20-21H,3-4,6-7H2,1-2H3/t10-,11?,13?,16+/m1/s1. The molecule has 0 spiro atoms. The van der Waals surface area contributed by atoms with Crippen LogP contribution in [-0.2, 0) is 9.53 Å². The van der Waals surface area contributed by atoms with Crippen molar-refractivity contribution in [3.05, 3.63) is 35.4 Å². The molecule has 1 aliphatic rings. The number of nitrogens with one attached hydrogen (secondary N) is 1. The molecule has 0 aromatic heterocycles. The van der Waals surface area contributed by atoms with Crippen molar-refractivity contribution in [3.63, 3.8) is 0 Å². The summed E-state index contributed by atoms with van der Waals surface area (Å²) < 4.78 is 31.0. The fourth-order valence-corrected chi connectivity index (χ4v) is 3.11. The summed E-state index contributed by atoms with van der Waals surface area (Å²) in [6, 6.07) is 3.30.